The summed E-state index contributed by atoms with van der Waals surface area (Å²) in [6.45, 7) is 2.02. The minimum atomic E-state index is -3.99. The SMILES string of the molecule is CNCC1CCCN1C1CCC(C(F)(F)F)CC1. The summed E-state index contributed by atoms with van der Waals surface area (Å²) in [5, 5.41) is 3.19. The van der Waals surface area contributed by atoms with Gasteiger partial charge in [0.25, 0.3) is 0 Å². The Morgan fingerprint density at radius 1 is 1.11 bits per heavy atom. The molecule has 1 saturated carbocycles. The van der Waals surface area contributed by atoms with E-state index in [2.05, 4.69) is 10.2 Å². The van der Waals surface area contributed by atoms with Crippen LogP contribution in [-0.2, 0) is 0 Å². The Hall–Kier alpha value is -0.290. The Kier molecular flexibility index (Phi) is 4.54. The van der Waals surface area contributed by atoms with Crippen LogP contribution in [0.3, 0.4) is 0 Å². The first kappa shape index (κ1) is 14.1. The van der Waals surface area contributed by atoms with Crippen molar-refractivity contribution >= 4 is 0 Å². The van der Waals surface area contributed by atoms with Crippen molar-refractivity contribution < 1.29 is 13.2 Å². The van der Waals surface area contributed by atoms with E-state index in [9.17, 15) is 13.2 Å². The number of nitrogens with zero attached hydrogens (tertiary/aromatic N) is 1. The summed E-state index contributed by atoms with van der Waals surface area (Å²) < 4.78 is 37.9. The maximum Gasteiger partial charge on any atom is 0.391 e. The van der Waals surface area contributed by atoms with Crippen molar-refractivity contribution in [2.24, 2.45) is 5.92 Å². The third kappa shape index (κ3) is 3.18. The van der Waals surface area contributed by atoms with Gasteiger partial charge in [0.2, 0.25) is 0 Å². The second kappa shape index (κ2) is 5.78. The van der Waals surface area contributed by atoms with Gasteiger partial charge < -0.3 is 5.32 Å². The zero-order valence-corrected chi connectivity index (χ0v) is 11.0. The van der Waals surface area contributed by atoms with Gasteiger partial charge in [-0.25, -0.2) is 0 Å². The molecule has 0 radical (unpaired) electrons. The highest BCUT2D eigenvalue weighted by Crippen LogP contribution is 2.39. The molecule has 2 aliphatic rings. The van der Waals surface area contributed by atoms with E-state index in [0.29, 0.717) is 37.8 Å². The van der Waals surface area contributed by atoms with Crippen LogP contribution in [0.15, 0.2) is 0 Å². The van der Waals surface area contributed by atoms with E-state index in [1.807, 2.05) is 7.05 Å². The van der Waals surface area contributed by atoms with Crippen LogP contribution in [0.5, 0.6) is 0 Å². The molecule has 1 unspecified atom stereocenters. The molecule has 1 heterocycles. The highest BCUT2D eigenvalue weighted by molar-refractivity contribution is 4.89. The molecule has 0 bridgehead atoms. The predicted molar refractivity (Wildman–Crippen MR) is 65.5 cm³/mol. The second-order valence-corrected chi connectivity index (χ2v) is 5.64. The van der Waals surface area contributed by atoms with Crippen molar-refractivity contribution in [3.8, 4) is 0 Å². The number of alkyl halides is 3. The van der Waals surface area contributed by atoms with Gasteiger partial charge in [0.15, 0.2) is 0 Å². The largest absolute Gasteiger partial charge is 0.391 e. The van der Waals surface area contributed by atoms with Crippen LogP contribution in [0.2, 0.25) is 0 Å². The summed E-state index contributed by atoms with van der Waals surface area (Å²) in [5.41, 5.74) is 0. The monoisotopic (exact) mass is 264 g/mol. The molecule has 2 nitrogen and oxygen atoms in total. The molecule has 0 spiro atoms. The van der Waals surface area contributed by atoms with Crippen LogP contribution in [0.4, 0.5) is 13.2 Å². The van der Waals surface area contributed by atoms with Crippen molar-refractivity contribution in [3.63, 3.8) is 0 Å². The summed E-state index contributed by atoms with van der Waals surface area (Å²) in [7, 11) is 1.94. The molecule has 0 aromatic carbocycles. The molecule has 2 rings (SSSR count). The third-order valence-electron chi connectivity index (χ3n) is 4.49. The van der Waals surface area contributed by atoms with E-state index >= 15 is 0 Å². The Labute approximate surface area is 107 Å². The Morgan fingerprint density at radius 3 is 2.33 bits per heavy atom. The van der Waals surface area contributed by atoms with Crippen LogP contribution in [0.1, 0.15) is 38.5 Å². The smallest absolute Gasteiger partial charge is 0.318 e. The lowest BCUT2D eigenvalue weighted by atomic mass is 9.84. The fourth-order valence-corrected chi connectivity index (χ4v) is 3.53. The quantitative estimate of drug-likeness (QED) is 0.843. The van der Waals surface area contributed by atoms with Gasteiger partial charge in [-0.1, -0.05) is 0 Å². The van der Waals surface area contributed by atoms with Crippen molar-refractivity contribution in [3.05, 3.63) is 0 Å². The summed E-state index contributed by atoms with van der Waals surface area (Å²) in [5.74, 6) is -1.06. The minimum Gasteiger partial charge on any atom is -0.318 e. The van der Waals surface area contributed by atoms with E-state index in [4.69, 9.17) is 0 Å². The molecule has 0 aromatic heterocycles. The first-order chi connectivity index (χ1) is 8.52. The standard InChI is InChI=1S/C13H23F3N2/c1-17-9-12-3-2-8-18(12)11-6-4-10(5-7-11)13(14,15)16/h10-12,17H,2-9H2,1H3. The van der Waals surface area contributed by atoms with Crippen LogP contribution < -0.4 is 5.32 Å². The molecule has 2 fully saturated rings. The molecule has 1 saturated heterocycles. The molecule has 0 aromatic rings. The van der Waals surface area contributed by atoms with Crippen LogP contribution in [0.25, 0.3) is 0 Å². The highest BCUT2D eigenvalue weighted by atomic mass is 19.4. The molecule has 1 aliphatic carbocycles. The Morgan fingerprint density at radius 2 is 1.78 bits per heavy atom. The van der Waals surface area contributed by atoms with E-state index in [0.717, 1.165) is 13.1 Å². The summed E-state index contributed by atoms with van der Waals surface area (Å²) in [6, 6.07) is 0.909. The highest BCUT2D eigenvalue weighted by Gasteiger charge is 2.43. The van der Waals surface area contributed by atoms with Gasteiger partial charge in [0.05, 0.1) is 5.92 Å². The van der Waals surface area contributed by atoms with Crippen molar-refractivity contribution in [2.75, 3.05) is 20.1 Å². The first-order valence-corrected chi connectivity index (χ1v) is 6.99. The minimum absolute atomic E-state index is 0.316. The maximum atomic E-state index is 12.6. The molecule has 1 atom stereocenters. The fraction of sp³-hybridized carbons (Fsp3) is 1.00. The predicted octanol–water partition coefficient (Wildman–Crippen LogP) is 2.79. The topological polar surface area (TPSA) is 15.3 Å². The summed E-state index contributed by atoms with van der Waals surface area (Å²) in [4.78, 5) is 2.45. The number of halogens is 3. The molecule has 1 N–H and O–H groups in total. The van der Waals surface area contributed by atoms with E-state index in [-0.39, 0.29) is 0 Å². The summed E-state index contributed by atoms with van der Waals surface area (Å²) >= 11 is 0. The van der Waals surface area contributed by atoms with Crippen molar-refractivity contribution in [1.29, 1.82) is 0 Å². The lowest BCUT2D eigenvalue weighted by molar-refractivity contribution is -0.184. The number of likely N-dealkylation sites (tertiary alicyclic amines) is 1. The van der Waals surface area contributed by atoms with Gasteiger partial charge in [-0.05, 0) is 52.1 Å². The molecule has 0 amide bonds. The zero-order chi connectivity index (χ0) is 13.2. The number of likely N-dealkylation sites (N-methyl/N-ethyl adjacent to an activating group) is 1. The van der Waals surface area contributed by atoms with Crippen molar-refractivity contribution in [2.45, 2.75) is 56.8 Å². The molecule has 1 aliphatic heterocycles. The van der Waals surface area contributed by atoms with Gasteiger partial charge in [-0.3, -0.25) is 4.90 Å². The van der Waals surface area contributed by atoms with Crippen LogP contribution in [-0.4, -0.2) is 43.3 Å². The van der Waals surface area contributed by atoms with Crippen LogP contribution >= 0.6 is 0 Å². The van der Waals surface area contributed by atoms with Crippen molar-refractivity contribution in [1.82, 2.24) is 10.2 Å². The molecular formula is C13H23F3N2. The van der Waals surface area contributed by atoms with Gasteiger partial charge in [-0.15, -0.1) is 0 Å². The second-order valence-electron chi connectivity index (χ2n) is 5.64. The number of nitrogens with one attached hydrogen (secondary N) is 1. The van der Waals surface area contributed by atoms with E-state index in [1.165, 1.54) is 12.8 Å². The van der Waals surface area contributed by atoms with Gasteiger partial charge in [0.1, 0.15) is 0 Å². The molecule has 106 valence electrons. The van der Waals surface area contributed by atoms with Crippen LogP contribution in [0, 0.1) is 5.92 Å². The lowest BCUT2D eigenvalue weighted by Crippen LogP contribution is -2.45. The number of hydrogen-bond donors (Lipinski definition) is 1. The van der Waals surface area contributed by atoms with E-state index < -0.39 is 12.1 Å². The average molecular weight is 264 g/mol. The first-order valence-electron chi connectivity index (χ1n) is 6.99. The normalized spacial score (nSPS) is 35.0. The molecule has 5 heteroatoms. The lowest BCUT2D eigenvalue weighted by Gasteiger charge is -2.38. The molecule has 18 heavy (non-hydrogen) atoms. The van der Waals surface area contributed by atoms with Gasteiger partial charge in [-0.2, -0.15) is 13.2 Å². The Balaban J connectivity index is 1.85. The van der Waals surface area contributed by atoms with E-state index in [1.54, 1.807) is 0 Å². The number of rotatable bonds is 3. The molecular weight excluding hydrogens is 241 g/mol. The Bertz CT molecular complexity index is 259. The fourth-order valence-electron chi connectivity index (χ4n) is 3.53. The van der Waals surface area contributed by atoms with Gasteiger partial charge in [0, 0.05) is 18.6 Å². The number of hydrogen-bond acceptors (Lipinski definition) is 2. The third-order valence-corrected chi connectivity index (χ3v) is 4.49. The summed E-state index contributed by atoms with van der Waals surface area (Å²) in [6.07, 6.45) is 0.439. The zero-order valence-electron chi connectivity index (χ0n) is 11.0. The maximum absolute atomic E-state index is 12.6. The van der Waals surface area contributed by atoms with Gasteiger partial charge >= 0.3 is 6.18 Å². The average Bonchev–Trinajstić information content (AvgIpc) is 2.77.